The summed E-state index contributed by atoms with van der Waals surface area (Å²) in [4.78, 5) is 11.3. The fourth-order valence-electron chi connectivity index (χ4n) is 1.25. The van der Waals surface area contributed by atoms with Crippen LogP contribution in [0.25, 0.3) is 0 Å². The molecule has 0 saturated heterocycles. The van der Waals surface area contributed by atoms with E-state index in [9.17, 15) is 4.79 Å². The smallest absolute Gasteiger partial charge is 0.330 e. The Hall–Kier alpha value is -0.910. The van der Waals surface area contributed by atoms with Crippen LogP contribution in [0.2, 0.25) is 0 Å². The topological polar surface area (TPSA) is 65.0 Å². The van der Waals surface area contributed by atoms with Gasteiger partial charge in [-0.1, -0.05) is 19.4 Å². The largest absolute Gasteiger partial charge is 0.460 e. The second-order valence-corrected chi connectivity index (χ2v) is 3.63. The standard InChI is InChI=1S/C13H24O5/c1-3-12(4-2)11-13(15)18-10-9-17-8-7-16-6-5-14/h11,14H,3-10H2,1-2H3. The average Bonchev–Trinajstić information content (AvgIpc) is 2.39. The molecule has 0 aromatic rings. The molecule has 0 saturated carbocycles. The van der Waals surface area contributed by atoms with Crippen LogP contribution >= 0.6 is 0 Å². The molecule has 5 heteroatoms. The van der Waals surface area contributed by atoms with Gasteiger partial charge < -0.3 is 19.3 Å². The van der Waals surface area contributed by atoms with E-state index in [1.807, 2.05) is 13.8 Å². The molecule has 0 amide bonds. The number of esters is 1. The molecule has 1 N–H and O–H groups in total. The molecule has 106 valence electrons. The fraction of sp³-hybridized carbons (Fsp3) is 0.769. The Bertz CT molecular complexity index is 232. The Labute approximate surface area is 109 Å². The minimum atomic E-state index is -0.311. The van der Waals surface area contributed by atoms with Crippen LogP contribution in [0.4, 0.5) is 0 Å². The van der Waals surface area contributed by atoms with Crippen molar-refractivity contribution in [3.05, 3.63) is 11.6 Å². The second-order valence-electron chi connectivity index (χ2n) is 3.63. The minimum absolute atomic E-state index is 0.0150. The van der Waals surface area contributed by atoms with Gasteiger partial charge in [-0.2, -0.15) is 0 Å². The molecule has 18 heavy (non-hydrogen) atoms. The van der Waals surface area contributed by atoms with Gasteiger partial charge >= 0.3 is 5.97 Å². The summed E-state index contributed by atoms with van der Waals surface area (Å²) in [5.41, 5.74) is 1.08. The first-order valence-corrected chi connectivity index (χ1v) is 6.37. The van der Waals surface area contributed by atoms with Crippen molar-refractivity contribution in [3.63, 3.8) is 0 Å². The normalized spacial score (nSPS) is 10.2. The van der Waals surface area contributed by atoms with Crippen LogP contribution in [0, 0.1) is 0 Å². The lowest BCUT2D eigenvalue weighted by Gasteiger charge is -2.05. The number of carbonyl (C=O) groups excluding carboxylic acids is 1. The Morgan fingerprint density at radius 1 is 1.00 bits per heavy atom. The maximum absolute atomic E-state index is 11.3. The number of carbonyl (C=O) groups is 1. The number of ether oxygens (including phenoxy) is 3. The summed E-state index contributed by atoms with van der Waals surface area (Å²) in [6, 6.07) is 0. The SMILES string of the molecule is CCC(=CC(=O)OCCOCCOCCO)CC. The van der Waals surface area contributed by atoms with E-state index in [1.54, 1.807) is 6.08 Å². The number of aliphatic hydroxyl groups excluding tert-OH is 1. The highest BCUT2D eigenvalue weighted by Crippen LogP contribution is 2.05. The van der Waals surface area contributed by atoms with Gasteiger partial charge in [0.1, 0.15) is 6.61 Å². The van der Waals surface area contributed by atoms with Gasteiger partial charge in [0.15, 0.2) is 0 Å². The maximum Gasteiger partial charge on any atom is 0.330 e. The van der Waals surface area contributed by atoms with Crippen LogP contribution in [0.1, 0.15) is 26.7 Å². The van der Waals surface area contributed by atoms with Crippen LogP contribution in [0.5, 0.6) is 0 Å². The van der Waals surface area contributed by atoms with Crippen molar-refractivity contribution in [2.75, 3.05) is 39.6 Å². The summed E-state index contributed by atoms with van der Waals surface area (Å²) >= 11 is 0. The highest BCUT2D eigenvalue weighted by Gasteiger charge is 2.00. The molecule has 5 nitrogen and oxygen atoms in total. The van der Waals surface area contributed by atoms with Gasteiger partial charge in [0.25, 0.3) is 0 Å². The van der Waals surface area contributed by atoms with Crippen molar-refractivity contribution in [1.82, 2.24) is 0 Å². The zero-order chi connectivity index (χ0) is 13.6. The van der Waals surface area contributed by atoms with Gasteiger partial charge in [-0.3, -0.25) is 0 Å². The van der Waals surface area contributed by atoms with E-state index in [-0.39, 0.29) is 19.2 Å². The van der Waals surface area contributed by atoms with Crippen molar-refractivity contribution in [2.24, 2.45) is 0 Å². The van der Waals surface area contributed by atoms with E-state index in [0.717, 1.165) is 18.4 Å². The molecule has 0 fully saturated rings. The Morgan fingerprint density at radius 3 is 2.11 bits per heavy atom. The molecule has 0 unspecified atom stereocenters. The van der Waals surface area contributed by atoms with Crippen molar-refractivity contribution in [3.8, 4) is 0 Å². The highest BCUT2D eigenvalue weighted by atomic mass is 16.6. The van der Waals surface area contributed by atoms with Crippen molar-refractivity contribution in [1.29, 1.82) is 0 Å². The van der Waals surface area contributed by atoms with E-state index >= 15 is 0 Å². The van der Waals surface area contributed by atoms with Gasteiger partial charge in [-0.05, 0) is 12.8 Å². The van der Waals surface area contributed by atoms with Crippen molar-refractivity contribution >= 4 is 5.97 Å². The van der Waals surface area contributed by atoms with Gasteiger partial charge in [0.2, 0.25) is 0 Å². The summed E-state index contributed by atoms with van der Waals surface area (Å²) in [7, 11) is 0. The molecule has 0 aliphatic heterocycles. The van der Waals surface area contributed by atoms with Crippen LogP contribution < -0.4 is 0 Å². The predicted molar refractivity (Wildman–Crippen MR) is 68.3 cm³/mol. The molecule has 0 heterocycles. The third-order valence-corrected chi connectivity index (χ3v) is 2.31. The summed E-state index contributed by atoms with van der Waals surface area (Å²) in [6.45, 7) is 5.83. The maximum atomic E-state index is 11.3. The molecule has 0 aliphatic rings. The first kappa shape index (κ1) is 17.1. The summed E-state index contributed by atoms with van der Waals surface area (Å²) in [6.07, 6.45) is 3.28. The molecule has 0 aromatic heterocycles. The molecule has 0 radical (unpaired) electrons. The molecule has 0 spiro atoms. The Balaban J connectivity index is 3.43. The quantitative estimate of drug-likeness (QED) is 0.344. The fourth-order valence-corrected chi connectivity index (χ4v) is 1.25. The lowest BCUT2D eigenvalue weighted by Crippen LogP contribution is -2.12. The summed E-state index contributed by atoms with van der Waals surface area (Å²) in [5.74, 6) is -0.311. The third kappa shape index (κ3) is 10.3. The molecule has 0 aliphatic carbocycles. The van der Waals surface area contributed by atoms with Crippen LogP contribution in [-0.4, -0.2) is 50.7 Å². The molecule has 0 aromatic carbocycles. The number of aliphatic hydroxyl groups is 1. The number of hydrogen-bond donors (Lipinski definition) is 1. The lowest BCUT2D eigenvalue weighted by atomic mass is 10.1. The van der Waals surface area contributed by atoms with E-state index in [4.69, 9.17) is 19.3 Å². The van der Waals surface area contributed by atoms with Gasteiger partial charge in [-0.15, -0.1) is 0 Å². The zero-order valence-corrected chi connectivity index (χ0v) is 11.3. The molecule has 0 atom stereocenters. The van der Waals surface area contributed by atoms with Crippen LogP contribution in [-0.2, 0) is 19.0 Å². The third-order valence-electron chi connectivity index (χ3n) is 2.31. The van der Waals surface area contributed by atoms with Crippen LogP contribution in [0.3, 0.4) is 0 Å². The Morgan fingerprint density at radius 2 is 1.56 bits per heavy atom. The second kappa shape index (κ2) is 12.5. The first-order valence-electron chi connectivity index (χ1n) is 6.37. The van der Waals surface area contributed by atoms with Crippen molar-refractivity contribution < 1.29 is 24.1 Å². The Kier molecular flexibility index (Phi) is 11.9. The molecular weight excluding hydrogens is 236 g/mol. The molecular formula is C13H24O5. The number of allylic oxidation sites excluding steroid dienone is 1. The van der Waals surface area contributed by atoms with E-state index in [0.29, 0.717) is 26.4 Å². The van der Waals surface area contributed by atoms with Gasteiger partial charge in [0, 0.05) is 6.08 Å². The zero-order valence-electron chi connectivity index (χ0n) is 11.3. The van der Waals surface area contributed by atoms with E-state index in [1.165, 1.54) is 0 Å². The number of rotatable bonds is 11. The minimum Gasteiger partial charge on any atom is -0.460 e. The lowest BCUT2D eigenvalue weighted by molar-refractivity contribution is -0.139. The van der Waals surface area contributed by atoms with Gasteiger partial charge in [-0.25, -0.2) is 4.79 Å². The summed E-state index contributed by atoms with van der Waals surface area (Å²) < 4.78 is 15.2. The molecule has 0 rings (SSSR count). The van der Waals surface area contributed by atoms with E-state index in [2.05, 4.69) is 0 Å². The van der Waals surface area contributed by atoms with Gasteiger partial charge in [0.05, 0.1) is 33.0 Å². The highest BCUT2D eigenvalue weighted by molar-refractivity contribution is 5.82. The predicted octanol–water partition coefficient (Wildman–Crippen LogP) is 1.30. The first-order chi connectivity index (χ1) is 8.74. The van der Waals surface area contributed by atoms with Crippen molar-refractivity contribution in [2.45, 2.75) is 26.7 Å². The average molecular weight is 260 g/mol. The number of hydrogen-bond acceptors (Lipinski definition) is 5. The summed E-state index contributed by atoms with van der Waals surface area (Å²) in [5, 5.41) is 8.45. The van der Waals surface area contributed by atoms with Crippen LogP contribution in [0.15, 0.2) is 11.6 Å². The molecule has 0 bridgehead atoms. The monoisotopic (exact) mass is 260 g/mol. The van der Waals surface area contributed by atoms with E-state index < -0.39 is 0 Å².